The third-order valence-electron chi connectivity index (χ3n) is 21.6. The summed E-state index contributed by atoms with van der Waals surface area (Å²) in [7, 11) is 12.3. The Balaban J connectivity index is 0.000000141. The summed E-state index contributed by atoms with van der Waals surface area (Å²) in [5.74, 6) is -3.76. The van der Waals surface area contributed by atoms with Gasteiger partial charge in [-0.15, -0.1) is 0 Å². The number of pyridine rings is 16. The quantitative estimate of drug-likeness (QED) is 0.0699. The van der Waals surface area contributed by atoms with Crippen molar-refractivity contribution in [2.45, 2.75) is 54.8 Å². The lowest BCUT2D eigenvalue weighted by Crippen LogP contribution is -2.14. The summed E-state index contributed by atoms with van der Waals surface area (Å²) in [6.45, 7) is -20.8. The molecule has 16 aromatic rings. The number of amides is 8. The maximum atomic E-state index is 12.6. The van der Waals surface area contributed by atoms with Gasteiger partial charge in [0.2, 0.25) is 0 Å². The fourth-order valence-electron chi connectivity index (χ4n) is 14.5. The van der Waals surface area contributed by atoms with Crippen molar-refractivity contribution in [2.24, 2.45) is 0 Å². The monoisotopic (exact) mass is 1970 g/mol. The molecule has 0 aliphatic carbocycles. The van der Waals surface area contributed by atoms with Crippen LogP contribution in [0.2, 0.25) is 5.65 Å². The van der Waals surface area contributed by atoms with E-state index in [-0.39, 0.29) is 279 Å². The van der Waals surface area contributed by atoms with Crippen molar-refractivity contribution >= 4 is 186 Å². The first-order valence-corrected chi connectivity index (χ1v) is 41.6. The lowest BCUT2D eigenvalue weighted by Gasteiger charge is -2.18. The molecule has 0 radical (unpaired) electrons. The molecule has 0 saturated carbocycles. The Morgan fingerprint density at radius 1 is 0.194 bits per heavy atom. The molecule has 0 saturated heterocycles. The maximum absolute atomic E-state index is 12.6. The largest absolute Gasteiger partial charge is 0.318 e. The molecule has 24 heterocycles. The SMILES string of the molecule is [2H]c1ccc2c(n1)N(C)c1nc([2H])c([2H])c(C([2H])([2H])[2H])c1N([2H])C2=O.[2H]c1ccc2c(n1)N(C)c1nc([2H])c([2H])c(C([2H])([2H])[2H])c1NC2=O.[2H]c1ccc2c(n1)N(C)c1nc([2H])cc(C([2H])([2H])[2H])c1N([2H])C2=O.[2H]c1ccc2c(n1)N(C)c1nc([2H])cc(C([2H])([2H])[2H])c1NC2=O.[2H]c1ccc2c(n1)N(C)c1ncc([2H])c(C([2H])([2H])[2H])c1N([2H])C2=O.[2H]c1ccc2c(n1)N(C)c1ncc([2H])c(C([2H])([2H])[2H])c1NC2=O.[2H]c1ccc2c(n1)N(C)c1nccc(C([2H])([2H])[2H])c1N([2H])C2=O.[2H]c1ccc2c(n1)N(C)c1nccc(C([2H])([2H])[2H])c1NC2=O. The Labute approximate surface area is 888 Å². The van der Waals surface area contributed by atoms with Gasteiger partial charge < -0.3 is 81.7 Å². The van der Waals surface area contributed by atoms with E-state index in [1.165, 1.54) is 189 Å². The topological polar surface area (TPSA) is 465 Å². The Hall–Kier alpha value is -19.4. The van der Waals surface area contributed by atoms with Gasteiger partial charge in [-0.1, -0.05) is 0 Å². The summed E-state index contributed by atoms with van der Waals surface area (Å²) in [6, 6.07) is 24.8. The van der Waals surface area contributed by atoms with Crippen molar-refractivity contribution in [1.29, 1.82) is 0 Å². The summed E-state index contributed by atoms with van der Waals surface area (Å²) < 4.78 is 339. The van der Waals surface area contributed by atoms with Crippen molar-refractivity contribution in [1.82, 2.24) is 79.7 Å². The molecule has 0 aromatic carbocycles. The van der Waals surface area contributed by atoms with E-state index in [2.05, 4.69) is 101 Å². The van der Waals surface area contributed by atoms with Crippen molar-refractivity contribution in [3.8, 4) is 0 Å². The van der Waals surface area contributed by atoms with E-state index >= 15 is 0 Å². The zero-order valence-corrected chi connectivity index (χ0v) is 75.6. The van der Waals surface area contributed by atoms with Crippen LogP contribution in [-0.2, 0) is 0 Å². The summed E-state index contributed by atoms with van der Waals surface area (Å²) in [6.07, 6.45) is 2.73. The first kappa shape index (κ1) is 55.8. The summed E-state index contributed by atoms with van der Waals surface area (Å²) in [5, 5.41) is 11.9. The Morgan fingerprint density at radius 3 is 0.653 bits per heavy atom. The number of nitrogens with zero attached hydrogens (tertiary/aromatic N) is 24. The number of hydrogen-bond donors (Lipinski definition) is 8. The van der Waals surface area contributed by atoms with Gasteiger partial charge in [0, 0.05) is 188 Å². The van der Waals surface area contributed by atoms with Gasteiger partial charge in [-0.05, 0) is 245 Å². The Kier molecular flexibility index (Phi) is 15.9. The number of carbonyl (C=O) groups excluding carboxylic acids is 8. The molecular formula is C104H96N32O8. The first-order chi connectivity index (χ1) is 87.3. The second-order valence-corrected chi connectivity index (χ2v) is 30.2. The molecule has 0 unspecified atom stereocenters. The van der Waals surface area contributed by atoms with Gasteiger partial charge in [-0.25, -0.2) is 79.7 Å². The maximum Gasteiger partial charge on any atom is 0.259 e. The standard InChI is InChI=1S/8C13H12N4O/c8*1-8-5-7-15-12-10(8)16-13(18)9-4-3-6-14-11(9)17(12)2/h8*3-7H,1-2H3,(H,16,18)/i2*1D3,5D,6D,7D;2*1D3,6D,7D;2*1D3,5D,6D;2*1D3,6D/hD4. The van der Waals surface area contributed by atoms with Gasteiger partial charge in [-0.2, -0.15) is 0 Å². The van der Waals surface area contributed by atoms with Crippen molar-refractivity contribution in [3.05, 3.63) is 333 Å². The highest BCUT2D eigenvalue weighted by atomic mass is 16.2. The minimum absolute atomic E-state index is 0.00711. The molecule has 40 nitrogen and oxygen atoms in total. The van der Waals surface area contributed by atoms with E-state index in [0.29, 0.717) is 21.2 Å². The number of nitrogens with one attached hydrogen (secondary N) is 8. The predicted octanol–water partition coefficient (Wildman–Crippen LogP) is 16.9. The normalized spacial score (nSPS) is 18.8. The number of aryl methyl sites for hydroxylation is 4. The van der Waals surface area contributed by atoms with Gasteiger partial charge in [-0.3, -0.25) is 38.4 Å². The molecule has 8 aliphatic heterocycles. The van der Waals surface area contributed by atoms with E-state index in [0.717, 1.165) is 24.5 Å². The van der Waals surface area contributed by atoms with Crippen LogP contribution < -0.4 is 81.7 Å². The first-order valence-electron chi connectivity index (χ1n) is 63.4. The predicted molar refractivity (Wildman–Crippen MR) is 554 cm³/mol. The van der Waals surface area contributed by atoms with Gasteiger partial charge in [0.15, 0.2) is 52.2 Å². The second-order valence-electron chi connectivity index (χ2n) is 30.2. The van der Waals surface area contributed by atoms with Crippen LogP contribution >= 0.6 is 0 Å². The molecule has 0 atom stereocenters. The molecule has 8 amide bonds. The van der Waals surface area contributed by atoms with Crippen LogP contribution in [0, 0.1) is 54.8 Å². The van der Waals surface area contributed by atoms with Crippen molar-refractivity contribution in [2.75, 3.05) is 138 Å². The van der Waals surface area contributed by atoms with Gasteiger partial charge >= 0.3 is 0 Å². The zero-order valence-electron chi connectivity index (χ0n) is 120. The molecule has 144 heavy (non-hydrogen) atoms. The highest BCUT2D eigenvalue weighted by Crippen LogP contribution is 2.44. The van der Waals surface area contributed by atoms with Crippen LogP contribution in [0.25, 0.3) is 0 Å². The van der Waals surface area contributed by atoms with Crippen LogP contribution in [0.5, 0.6) is 0 Å². The molecule has 0 fully saturated rings. The molecule has 8 aliphatic rings. The van der Waals surface area contributed by atoms with E-state index in [1.54, 1.807) is 28.2 Å². The Morgan fingerprint density at radius 2 is 0.375 bits per heavy atom. The molecule has 24 rings (SSSR count). The average molecular weight is 1970 g/mol. The lowest BCUT2D eigenvalue weighted by atomic mass is 10.2. The van der Waals surface area contributed by atoms with Crippen molar-refractivity contribution < 1.29 is 98.8 Å². The molecule has 0 bridgehead atoms. The van der Waals surface area contributed by atoms with E-state index in [9.17, 15) is 38.4 Å². The number of carbonyl (C=O) groups is 8. The number of rotatable bonds is 0. The van der Waals surface area contributed by atoms with Crippen LogP contribution in [-0.4, -0.2) is 183 Å². The number of hydrogen-bond acceptors (Lipinski definition) is 32. The highest BCUT2D eigenvalue weighted by molar-refractivity contribution is 6.18. The third-order valence-corrected chi connectivity index (χ3v) is 21.6. The van der Waals surface area contributed by atoms with E-state index < -0.39 is 149 Å². The minimum Gasteiger partial charge on any atom is -0.318 e. The Bertz CT molecular complexity index is 10000. The average Bonchev–Trinajstić information content (AvgIpc) is 1.56. The van der Waals surface area contributed by atoms with Crippen LogP contribution in [0.3, 0.4) is 0 Å². The highest BCUT2D eigenvalue weighted by Gasteiger charge is 2.35. The molecule has 40 heteroatoms. The zero-order chi connectivity index (χ0) is 139. The fourth-order valence-corrected chi connectivity index (χ4v) is 14.5. The molecular weight excluding hydrogens is 1830 g/mol. The molecule has 8 N–H and O–H groups in total. The number of fused-ring (bicyclic) bond motifs is 16. The van der Waals surface area contributed by atoms with Crippen LogP contribution in [0.15, 0.2) is 244 Å². The molecule has 16 aromatic heterocycles. The molecule has 720 valence electrons. The van der Waals surface area contributed by atoms with Gasteiger partial charge in [0.25, 0.3) is 47.3 Å². The second kappa shape index (κ2) is 41.1. The third kappa shape index (κ3) is 19.0. The van der Waals surface area contributed by atoms with Crippen LogP contribution in [0.1, 0.15) is 182 Å². The fraction of sp³-hybridized carbons (Fsp3) is 0.154. The van der Waals surface area contributed by atoms with E-state index in [1.807, 2.05) is 0 Å². The lowest BCUT2D eigenvalue weighted by molar-refractivity contribution is 0.101. The number of anilines is 24. The summed E-state index contributed by atoms with van der Waals surface area (Å²) >= 11 is 0. The minimum atomic E-state index is -2.83. The van der Waals surface area contributed by atoms with E-state index in [4.69, 9.17) is 60.5 Å². The van der Waals surface area contributed by atoms with Crippen LogP contribution in [0.4, 0.5) is 139 Å². The number of aromatic nitrogens is 16. The smallest absolute Gasteiger partial charge is 0.259 e. The van der Waals surface area contributed by atoms with Crippen molar-refractivity contribution in [3.63, 3.8) is 0 Å². The van der Waals surface area contributed by atoms with Gasteiger partial charge in [0.05, 0.1) is 112 Å². The van der Waals surface area contributed by atoms with Gasteiger partial charge in [0.1, 0.15) is 46.5 Å². The summed E-state index contributed by atoms with van der Waals surface area (Å²) in [5.41, 5.74) is -2.39. The summed E-state index contributed by atoms with van der Waals surface area (Å²) in [4.78, 5) is 175. The molecule has 0 spiro atoms.